The topological polar surface area (TPSA) is 3.24 Å². The van der Waals surface area contributed by atoms with Gasteiger partial charge >= 0.3 is 0 Å². The Morgan fingerprint density at radius 1 is 1.31 bits per heavy atom. The lowest BCUT2D eigenvalue weighted by Gasteiger charge is -2.22. The van der Waals surface area contributed by atoms with Gasteiger partial charge in [0, 0.05) is 24.3 Å². The fraction of sp³-hybridized carbons (Fsp3) is 0.571. The summed E-state index contributed by atoms with van der Waals surface area (Å²) < 4.78 is 0. The van der Waals surface area contributed by atoms with Gasteiger partial charge in [0.1, 0.15) is 0 Å². The van der Waals surface area contributed by atoms with E-state index in [0.717, 1.165) is 17.8 Å². The second kappa shape index (κ2) is 5.83. The molecule has 1 atom stereocenters. The number of hydrogen-bond acceptors (Lipinski definition) is 1. The highest BCUT2D eigenvalue weighted by Gasteiger charge is 2.23. The molecule has 0 spiro atoms. The van der Waals surface area contributed by atoms with Gasteiger partial charge in [-0.1, -0.05) is 46.3 Å². The van der Waals surface area contributed by atoms with Crippen molar-refractivity contribution in [1.29, 1.82) is 0 Å². The van der Waals surface area contributed by atoms with Crippen LogP contribution in [-0.2, 0) is 0 Å². The molecule has 16 heavy (non-hydrogen) atoms. The molecule has 0 bridgehead atoms. The summed E-state index contributed by atoms with van der Waals surface area (Å²) in [5.74, 6) is 1.60. The predicted molar refractivity (Wildman–Crippen MR) is 73.2 cm³/mol. The van der Waals surface area contributed by atoms with Crippen LogP contribution in [0.5, 0.6) is 0 Å². The number of benzene rings is 1. The molecule has 0 saturated heterocycles. The first-order valence-corrected chi connectivity index (χ1v) is 7.21. The Balaban J connectivity index is 1.89. The normalized spacial score (nSPS) is 17.7. The summed E-state index contributed by atoms with van der Waals surface area (Å²) in [7, 11) is 2.25. The SMILES string of the molecule is CN(CC1CC1)CC(CBr)c1ccccc1. The van der Waals surface area contributed by atoms with Crippen LogP contribution in [0.25, 0.3) is 0 Å². The number of hydrogen-bond donors (Lipinski definition) is 0. The lowest BCUT2D eigenvalue weighted by atomic mass is 10.0. The molecular weight excluding hydrogens is 262 g/mol. The summed E-state index contributed by atoms with van der Waals surface area (Å²) in [5, 5.41) is 1.05. The zero-order valence-corrected chi connectivity index (χ0v) is 11.5. The zero-order valence-electron chi connectivity index (χ0n) is 9.90. The zero-order chi connectivity index (χ0) is 11.4. The number of likely N-dealkylation sites (N-methyl/N-ethyl adjacent to an activating group) is 1. The smallest absolute Gasteiger partial charge is 0.0112 e. The van der Waals surface area contributed by atoms with E-state index in [9.17, 15) is 0 Å². The molecule has 1 aromatic carbocycles. The van der Waals surface area contributed by atoms with E-state index in [2.05, 4.69) is 58.2 Å². The fourth-order valence-corrected chi connectivity index (χ4v) is 2.74. The molecule has 2 rings (SSSR count). The Hall–Kier alpha value is -0.340. The van der Waals surface area contributed by atoms with Crippen molar-refractivity contribution in [2.45, 2.75) is 18.8 Å². The van der Waals surface area contributed by atoms with Crippen molar-refractivity contribution in [3.05, 3.63) is 35.9 Å². The Morgan fingerprint density at radius 2 is 2.00 bits per heavy atom. The lowest BCUT2D eigenvalue weighted by molar-refractivity contribution is 0.306. The highest BCUT2D eigenvalue weighted by molar-refractivity contribution is 9.09. The molecule has 1 unspecified atom stereocenters. The van der Waals surface area contributed by atoms with Crippen LogP contribution in [-0.4, -0.2) is 30.4 Å². The molecule has 0 aromatic heterocycles. The van der Waals surface area contributed by atoms with Gasteiger partial charge in [-0.25, -0.2) is 0 Å². The molecule has 0 N–H and O–H groups in total. The summed E-state index contributed by atoms with van der Waals surface area (Å²) in [4.78, 5) is 2.48. The van der Waals surface area contributed by atoms with Crippen molar-refractivity contribution < 1.29 is 0 Å². The first kappa shape index (κ1) is 12.1. The van der Waals surface area contributed by atoms with E-state index < -0.39 is 0 Å². The summed E-state index contributed by atoms with van der Waals surface area (Å²) >= 11 is 3.64. The highest BCUT2D eigenvalue weighted by atomic mass is 79.9. The molecule has 0 heterocycles. The minimum atomic E-state index is 0.616. The van der Waals surface area contributed by atoms with E-state index in [1.165, 1.54) is 24.9 Å². The van der Waals surface area contributed by atoms with Crippen molar-refractivity contribution in [1.82, 2.24) is 4.90 Å². The number of alkyl halides is 1. The van der Waals surface area contributed by atoms with Crippen LogP contribution < -0.4 is 0 Å². The molecule has 1 nitrogen and oxygen atoms in total. The summed E-state index contributed by atoms with van der Waals surface area (Å²) in [6.45, 7) is 2.43. The van der Waals surface area contributed by atoms with E-state index in [-0.39, 0.29) is 0 Å². The van der Waals surface area contributed by atoms with Crippen molar-refractivity contribution in [3.63, 3.8) is 0 Å². The number of nitrogens with zero attached hydrogens (tertiary/aromatic N) is 1. The largest absolute Gasteiger partial charge is 0.305 e. The fourth-order valence-electron chi connectivity index (χ4n) is 2.16. The molecule has 0 amide bonds. The quantitative estimate of drug-likeness (QED) is 0.722. The third-order valence-electron chi connectivity index (χ3n) is 3.26. The van der Waals surface area contributed by atoms with Gasteiger partial charge in [-0.3, -0.25) is 0 Å². The minimum Gasteiger partial charge on any atom is -0.305 e. The number of rotatable bonds is 6. The van der Waals surface area contributed by atoms with Crippen LogP contribution in [0.1, 0.15) is 24.3 Å². The first-order valence-electron chi connectivity index (χ1n) is 6.09. The van der Waals surface area contributed by atoms with Crippen LogP contribution in [0, 0.1) is 5.92 Å². The Morgan fingerprint density at radius 3 is 2.56 bits per heavy atom. The summed E-state index contributed by atoms with van der Waals surface area (Å²) in [6, 6.07) is 10.8. The molecule has 1 aliphatic rings. The van der Waals surface area contributed by atoms with Crippen molar-refractivity contribution >= 4 is 15.9 Å². The second-order valence-corrected chi connectivity index (χ2v) is 5.57. The third kappa shape index (κ3) is 3.60. The van der Waals surface area contributed by atoms with E-state index >= 15 is 0 Å². The molecular formula is C14H20BrN. The van der Waals surface area contributed by atoms with Crippen LogP contribution >= 0.6 is 15.9 Å². The second-order valence-electron chi connectivity index (χ2n) is 4.93. The Labute approximate surface area is 107 Å². The maximum atomic E-state index is 3.64. The van der Waals surface area contributed by atoms with E-state index in [0.29, 0.717) is 5.92 Å². The monoisotopic (exact) mass is 281 g/mol. The Kier molecular flexibility index (Phi) is 4.42. The van der Waals surface area contributed by atoms with Gasteiger partial charge in [-0.15, -0.1) is 0 Å². The minimum absolute atomic E-state index is 0.616. The molecule has 1 fully saturated rings. The maximum Gasteiger partial charge on any atom is 0.0112 e. The van der Waals surface area contributed by atoms with Gasteiger partial charge in [-0.05, 0) is 31.4 Å². The molecule has 1 aliphatic carbocycles. The lowest BCUT2D eigenvalue weighted by Crippen LogP contribution is -2.27. The third-order valence-corrected chi connectivity index (χ3v) is 4.04. The van der Waals surface area contributed by atoms with Crippen LogP contribution in [0.3, 0.4) is 0 Å². The van der Waals surface area contributed by atoms with Gasteiger partial charge in [0.05, 0.1) is 0 Å². The average Bonchev–Trinajstić information content (AvgIpc) is 3.11. The van der Waals surface area contributed by atoms with Gasteiger partial charge in [0.15, 0.2) is 0 Å². The number of halogens is 1. The van der Waals surface area contributed by atoms with Crippen molar-refractivity contribution in [2.75, 3.05) is 25.5 Å². The van der Waals surface area contributed by atoms with Gasteiger partial charge < -0.3 is 4.90 Å². The molecule has 2 heteroatoms. The van der Waals surface area contributed by atoms with Gasteiger partial charge in [0.25, 0.3) is 0 Å². The molecule has 1 aromatic rings. The van der Waals surface area contributed by atoms with E-state index in [1.54, 1.807) is 0 Å². The standard InChI is InChI=1S/C14H20BrN/c1-16(10-12-7-8-12)11-14(9-15)13-5-3-2-4-6-13/h2-6,12,14H,7-11H2,1H3. The molecule has 0 aliphatic heterocycles. The van der Waals surface area contributed by atoms with E-state index in [1.807, 2.05) is 0 Å². The van der Waals surface area contributed by atoms with Crippen molar-refractivity contribution in [2.24, 2.45) is 5.92 Å². The van der Waals surface area contributed by atoms with Crippen LogP contribution in [0.15, 0.2) is 30.3 Å². The van der Waals surface area contributed by atoms with Gasteiger partial charge in [0.2, 0.25) is 0 Å². The van der Waals surface area contributed by atoms with E-state index in [4.69, 9.17) is 0 Å². The van der Waals surface area contributed by atoms with Crippen LogP contribution in [0.4, 0.5) is 0 Å². The summed E-state index contributed by atoms with van der Waals surface area (Å²) in [6.07, 6.45) is 2.88. The molecule has 88 valence electrons. The van der Waals surface area contributed by atoms with Crippen LogP contribution in [0.2, 0.25) is 0 Å². The summed E-state index contributed by atoms with van der Waals surface area (Å²) in [5.41, 5.74) is 1.45. The highest BCUT2D eigenvalue weighted by Crippen LogP contribution is 2.30. The maximum absolute atomic E-state index is 3.64. The predicted octanol–water partition coefficient (Wildman–Crippen LogP) is 3.51. The van der Waals surface area contributed by atoms with Gasteiger partial charge in [-0.2, -0.15) is 0 Å². The average molecular weight is 282 g/mol. The Bertz CT molecular complexity index is 308. The molecule has 1 saturated carbocycles. The van der Waals surface area contributed by atoms with Crippen molar-refractivity contribution in [3.8, 4) is 0 Å². The molecule has 0 radical (unpaired) electrons. The first-order chi connectivity index (χ1) is 7.79.